The molecule has 1 unspecified atom stereocenters. The summed E-state index contributed by atoms with van der Waals surface area (Å²) in [4.78, 5) is 15.3. The van der Waals surface area contributed by atoms with E-state index in [1.54, 1.807) is 11.8 Å². The number of hydrogen-bond donors (Lipinski definition) is 1. The Morgan fingerprint density at radius 1 is 1.43 bits per heavy atom. The van der Waals surface area contributed by atoms with Crippen molar-refractivity contribution in [2.45, 2.75) is 37.6 Å². The first kappa shape index (κ1) is 18.8. The predicted molar refractivity (Wildman–Crippen MR) is 95.4 cm³/mol. The Labute approximate surface area is 145 Å². The molecule has 1 atom stereocenters. The van der Waals surface area contributed by atoms with Crippen LogP contribution in [-0.4, -0.2) is 35.7 Å². The Morgan fingerprint density at radius 2 is 2.14 bits per heavy atom. The zero-order valence-electron chi connectivity index (χ0n) is 12.4. The normalized spacial score (nSPS) is 18.3. The van der Waals surface area contributed by atoms with Crippen molar-refractivity contribution in [2.24, 2.45) is 5.73 Å². The minimum Gasteiger partial charge on any atom is -0.340 e. The third-order valence-electron chi connectivity index (χ3n) is 3.62. The van der Waals surface area contributed by atoms with Crippen LogP contribution in [0.3, 0.4) is 0 Å². The van der Waals surface area contributed by atoms with E-state index >= 15 is 0 Å². The second-order valence-corrected chi connectivity index (χ2v) is 7.27. The van der Waals surface area contributed by atoms with Crippen molar-refractivity contribution in [2.75, 3.05) is 18.8 Å². The lowest BCUT2D eigenvalue weighted by Gasteiger charge is -2.30. The van der Waals surface area contributed by atoms with E-state index in [-0.39, 0.29) is 24.4 Å². The maximum atomic E-state index is 12.2. The minimum atomic E-state index is 0. The van der Waals surface area contributed by atoms with Gasteiger partial charge in [-0.2, -0.15) is 0 Å². The van der Waals surface area contributed by atoms with Gasteiger partial charge in [0, 0.05) is 28.5 Å². The molecule has 0 spiro atoms. The van der Waals surface area contributed by atoms with E-state index in [1.165, 1.54) is 16.0 Å². The third kappa shape index (κ3) is 5.16. The van der Waals surface area contributed by atoms with E-state index < -0.39 is 0 Å². The molecule has 1 aromatic carbocycles. The van der Waals surface area contributed by atoms with E-state index in [9.17, 15) is 4.79 Å². The number of nitrogens with two attached hydrogens (primary N) is 1. The fourth-order valence-corrected chi connectivity index (χ4v) is 3.84. The van der Waals surface area contributed by atoms with Gasteiger partial charge in [-0.25, -0.2) is 0 Å². The van der Waals surface area contributed by atoms with Crippen LogP contribution in [0.1, 0.15) is 24.0 Å². The van der Waals surface area contributed by atoms with E-state index in [0.29, 0.717) is 12.3 Å². The Bertz CT molecular complexity index is 513. The number of nitrogens with zero attached hydrogens (tertiary/aromatic N) is 1. The highest BCUT2D eigenvalue weighted by atomic mass is 79.9. The number of halogens is 2. The molecule has 118 valence electrons. The summed E-state index contributed by atoms with van der Waals surface area (Å²) < 4.78 is 1.12. The second-order valence-electron chi connectivity index (χ2n) is 5.40. The van der Waals surface area contributed by atoms with E-state index in [0.717, 1.165) is 23.9 Å². The highest BCUT2D eigenvalue weighted by molar-refractivity contribution is 9.10. The molecule has 6 heteroatoms. The number of benzene rings is 1. The highest BCUT2D eigenvalue weighted by Crippen LogP contribution is 2.28. The molecule has 0 saturated carbocycles. The molecule has 1 fully saturated rings. The third-order valence-corrected chi connectivity index (χ3v) is 5.61. The molecule has 1 heterocycles. The summed E-state index contributed by atoms with van der Waals surface area (Å²) in [5, 5.41) is 0. The van der Waals surface area contributed by atoms with E-state index in [4.69, 9.17) is 5.73 Å². The van der Waals surface area contributed by atoms with Crippen LogP contribution in [0.4, 0.5) is 0 Å². The summed E-state index contributed by atoms with van der Waals surface area (Å²) in [5.74, 6) is 0.694. The molecule has 1 amide bonds. The van der Waals surface area contributed by atoms with Gasteiger partial charge in [0.25, 0.3) is 0 Å². The molecule has 1 aliphatic heterocycles. The zero-order chi connectivity index (χ0) is 14.7. The lowest BCUT2D eigenvalue weighted by molar-refractivity contribution is -0.129. The summed E-state index contributed by atoms with van der Waals surface area (Å²) >= 11 is 5.15. The van der Waals surface area contributed by atoms with Crippen molar-refractivity contribution in [3.8, 4) is 0 Å². The van der Waals surface area contributed by atoms with Gasteiger partial charge in [-0.1, -0.05) is 15.9 Å². The number of aryl methyl sites for hydroxylation is 2. The SMILES string of the molecule is Cc1cc(SCC(=O)N2CCCC(N)C2)c(C)cc1Br.Cl. The van der Waals surface area contributed by atoms with Gasteiger partial charge in [0.15, 0.2) is 0 Å². The lowest BCUT2D eigenvalue weighted by atomic mass is 10.1. The molecule has 1 aliphatic rings. The molecular formula is C15H22BrClN2OS. The van der Waals surface area contributed by atoms with Crippen LogP contribution in [0.15, 0.2) is 21.5 Å². The molecule has 21 heavy (non-hydrogen) atoms. The van der Waals surface area contributed by atoms with Crippen molar-refractivity contribution in [3.63, 3.8) is 0 Å². The first-order chi connectivity index (χ1) is 9.47. The van der Waals surface area contributed by atoms with Gasteiger partial charge in [0.05, 0.1) is 5.75 Å². The molecule has 1 aromatic rings. The van der Waals surface area contributed by atoms with Crippen molar-refractivity contribution in [1.82, 2.24) is 4.90 Å². The summed E-state index contributed by atoms with van der Waals surface area (Å²) in [6.07, 6.45) is 2.05. The molecular weight excluding hydrogens is 372 g/mol. The number of rotatable bonds is 3. The van der Waals surface area contributed by atoms with Gasteiger partial charge < -0.3 is 10.6 Å². The maximum Gasteiger partial charge on any atom is 0.232 e. The first-order valence-corrected chi connectivity index (χ1v) is 8.68. The topological polar surface area (TPSA) is 46.3 Å². The van der Waals surface area contributed by atoms with Crippen LogP contribution in [-0.2, 0) is 4.79 Å². The van der Waals surface area contributed by atoms with Crippen LogP contribution in [0.2, 0.25) is 0 Å². The smallest absolute Gasteiger partial charge is 0.232 e. The summed E-state index contributed by atoms with van der Waals surface area (Å²) in [6.45, 7) is 5.70. The Morgan fingerprint density at radius 3 is 2.81 bits per heavy atom. The Hall–Kier alpha value is -0.230. The molecule has 1 saturated heterocycles. The van der Waals surface area contributed by atoms with Crippen LogP contribution in [0, 0.1) is 13.8 Å². The number of hydrogen-bond acceptors (Lipinski definition) is 3. The molecule has 0 aliphatic carbocycles. The average molecular weight is 394 g/mol. The van der Waals surface area contributed by atoms with Crippen molar-refractivity contribution >= 4 is 46.0 Å². The average Bonchev–Trinajstić information content (AvgIpc) is 2.41. The first-order valence-electron chi connectivity index (χ1n) is 6.90. The number of carbonyl (C=O) groups excluding carboxylic acids is 1. The second kappa shape index (κ2) is 8.42. The fraction of sp³-hybridized carbons (Fsp3) is 0.533. The molecule has 2 N–H and O–H groups in total. The summed E-state index contributed by atoms with van der Waals surface area (Å²) in [5.41, 5.74) is 8.33. The fourth-order valence-electron chi connectivity index (χ4n) is 2.38. The Kier molecular flexibility index (Phi) is 7.54. The van der Waals surface area contributed by atoms with Gasteiger partial charge in [-0.3, -0.25) is 4.79 Å². The largest absolute Gasteiger partial charge is 0.340 e. The molecule has 0 bridgehead atoms. The van der Waals surface area contributed by atoms with Gasteiger partial charge >= 0.3 is 0 Å². The molecule has 0 radical (unpaired) electrons. The summed E-state index contributed by atoms with van der Waals surface area (Å²) in [6, 6.07) is 4.40. The van der Waals surface area contributed by atoms with Crippen LogP contribution < -0.4 is 5.73 Å². The lowest BCUT2D eigenvalue weighted by Crippen LogP contribution is -2.46. The van der Waals surface area contributed by atoms with Crippen LogP contribution in [0.5, 0.6) is 0 Å². The van der Waals surface area contributed by atoms with Crippen LogP contribution >= 0.6 is 40.1 Å². The quantitative estimate of drug-likeness (QED) is 0.799. The monoisotopic (exact) mass is 392 g/mol. The Balaban J connectivity index is 0.00000220. The van der Waals surface area contributed by atoms with E-state index in [2.05, 4.69) is 41.9 Å². The number of piperidine rings is 1. The van der Waals surface area contributed by atoms with Crippen molar-refractivity contribution < 1.29 is 4.79 Å². The number of carbonyl (C=O) groups is 1. The van der Waals surface area contributed by atoms with Gasteiger partial charge in [-0.15, -0.1) is 24.2 Å². The van der Waals surface area contributed by atoms with E-state index in [1.807, 2.05) is 4.90 Å². The minimum absolute atomic E-state index is 0. The van der Waals surface area contributed by atoms with Gasteiger partial charge in [0.2, 0.25) is 5.91 Å². The molecule has 0 aromatic heterocycles. The molecule has 2 rings (SSSR count). The summed E-state index contributed by atoms with van der Waals surface area (Å²) in [7, 11) is 0. The van der Waals surface area contributed by atoms with Gasteiger partial charge in [-0.05, 0) is 49.9 Å². The number of likely N-dealkylation sites (tertiary alicyclic amines) is 1. The predicted octanol–water partition coefficient (Wildman–Crippen LogP) is 3.53. The maximum absolute atomic E-state index is 12.2. The van der Waals surface area contributed by atoms with Crippen molar-refractivity contribution in [1.29, 1.82) is 0 Å². The molecule has 3 nitrogen and oxygen atoms in total. The van der Waals surface area contributed by atoms with Gasteiger partial charge in [0.1, 0.15) is 0 Å². The van der Waals surface area contributed by atoms with Crippen LogP contribution in [0.25, 0.3) is 0 Å². The highest BCUT2D eigenvalue weighted by Gasteiger charge is 2.21. The number of amides is 1. The zero-order valence-corrected chi connectivity index (χ0v) is 15.6. The standard InChI is InChI=1S/C15H21BrN2OS.ClH/c1-10-7-14(11(2)6-13(10)16)20-9-15(19)18-5-3-4-12(17)8-18;/h6-7,12H,3-5,8-9,17H2,1-2H3;1H. The number of thioether (sulfide) groups is 1. The van der Waals surface area contributed by atoms with Crippen molar-refractivity contribution in [3.05, 3.63) is 27.7 Å².